The highest BCUT2D eigenvalue weighted by Crippen LogP contribution is 2.11. The molecule has 1 heterocycles. The minimum Gasteiger partial charge on any atom is -0.468 e. The van der Waals surface area contributed by atoms with E-state index in [1.54, 1.807) is 6.07 Å². The van der Waals surface area contributed by atoms with Crippen molar-refractivity contribution in [3.8, 4) is 0 Å². The predicted molar refractivity (Wildman–Crippen MR) is 54.7 cm³/mol. The van der Waals surface area contributed by atoms with Crippen LogP contribution < -0.4 is 11.1 Å². The van der Waals surface area contributed by atoms with Gasteiger partial charge in [-0.25, -0.2) is 4.98 Å². The second-order valence-corrected chi connectivity index (χ2v) is 3.18. The van der Waals surface area contributed by atoms with Crippen LogP contribution in [-0.4, -0.2) is 29.6 Å². The molecule has 0 aliphatic carbocycles. The number of carbonyl (C=O) groups is 1. The molecule has 0 bridgehead atoms. The molecule has 0 saturated carbocycles. The molecule has 0 atom stereocenters. The molecular weight excluding hydrogens is 252 g/mol. The normalized spacial score (nSPS) is 9.57. The van der Waals surface area contributed by atoms with Crippen LogP contribution in [0.25, 0.3) is 0 Å². The van der Waals surface area contributed by atoms with E-state index in [0.717, 1.165) is 0 Å². The zero-order valence-corrected chi connectivity index (χ0v) is 9.04. The molecule has 0 spiro atoms. The zero-order valence-electron chi connectivity index (χ0n) is 7.45. The lowest BCUT2D eigenvalue weighted by atomic mass is 10.6. The van der Waals surface area contributed by atoms with Crippen molar-refractivity contribution >= 4 is 33.7 Å². The van der Waals surface area contributed by atoms with Gasteiger partial charge in [-0.1, -0.05) is 0 Å². The molecule has 14 heavy (non-hydrogen) atoms. The Hall–Kier alpha value is -1.37. The minimum atomic E-state index is -0.396. The molecule has 0 saturated heterocycles. The summed E-state index contributed by atoms with van der Waals surface area (Å²) in [5, 5.41) is 2.67. The van der Waals surface area contributed by atoms with E-state index in [4.69, 9.17) is 5.73 Å². The van der Waals surface area contributed by atoms with Gasteiger partial charge in [0, 0.05) is 6.07 Å². The van der Waals surface area contributed by atoms with Crippen molar-refractivity contribution in [2.75, 3.05) is 24.7 Å². The molecule has 1 aromatic heterocycles. The third-order valence-corrected chi connectivity index (χ3v) is 1.74. The number of methoxy groups -OCH3 is 1. The first-order chi connectivity index (χ1) is 6.61. The Morgan fingerprint density at radius 2 is 2.43 bits per heavy atom. The number of halogens is 1. The molecule has 3 N–H and O–H groups in total. The summed E-state index contributed by atoms with van der Waals surface area (Å²) in [6.07, 6.45) is 0. The smallest absolute Gasteiger partial charge is 0.325 e. The molecule has 0 amide bonds. The fourth-order valence-corrected chi connectivity index (χ4v) is 1.14. The van der Waals surface area contributed by atoms with Gasteiger partial charge in [0.1, 0.15) is 17.0 Å². The largest absolute Gasteiger partial charge is 0.468 e. The van der Waals surface area contributed by atoms with Gasteiger partial charge >= 0.3 is 5.97 Å². The Balaban J connectivity index is 2.63. The van der Waals surface area contributed by atoms with Crippen LogP contribution in [0.15, 0.2) is 10.7 Å². The van der Waals surface area contributed by atoms with Gasteiger partial charge < -0.3 is 15.8 Å². The number of esters is 1. The number of hydrogen-bond acceptors (Lipinski definition) is 6. The van der Waals surface area contributed by atoms with Crippen LogP contribution in [0.3, 0.4) is 0 Å². The number of anilines is 2. The number of ether oxygens (including phenoxy) is 1. The summed E-state index contributed by atoms with van der Waals surface area (Å²) < 4.78 is 4.99. The summed E-state index contributed by atoms with van der Waals surface area (Å²) in [5.41, 5.74) is 5.46. The number of carbonyl (C=O) groups excluding carboxylic acids is 1. The first kappa shape index (κ1) is 10.7. The van der Waals surface area contributed by atoms with Crippen LogP contribution in [0.1, 0.15) is 0 Å². The number of nitrogens with two attached hydrogens (primary N) is 1. The van der Waals surface area contributed by atoms with Crippen molar-refractivity contribution in [1.82, 2.24) is 9.97 Å². The van der Waals surface area contributed by atoms with Gasteiger partial charge in [0.15, 0.2) is 0 Å². The van der Waals surface area contributed by atoms with Gasteiger partial charge in [-0.05, 0) is 15.9 Å². The third kappa shape index (κ3) is 3.17. The number of nitrogen functional groups attached to an aromatic ring is 1. The molecule has 1 rings (SSSR count). The molecule has 0 aliphatic heterocycles. The van der Waals surface area contributed by atoms with Crippen molar-refractivity contribution in [3.63, 3.8) is 0 Å². The van der Waals surface area contributed by atoms with Crippen LogP contribution >= 0.6 is 15.9 Å². The first-order valence-electron chi connectivity index (χ1n) is 3.72. The van der Waals surface area contributed by atoms with E-state index in [1.165, 1.54) is 7.11 Å². The van der Waals surface area contributed by atoms with Gasteiger partial charge in [0.05, 0.1) is 7.11 Å². The summed E-state index contributed by atoms with van der Waals surface area (Å²) in [5.74, 6) is 0.202. The predicted octanol–water partition coefficient (Wildman–Crippen LogP) is 0.406. The third-order valence-electron chi connectivity index (χ3n) is 1.33. The van der Waals surface area contributed by atoms with E-state index >= 15 is 0 Å². The second kappa shape index (κ2) is 4.75. The summed E-state index contributed by atoms with van der Waals surface area (Å²) in [7, 11) is 1.31. The fourth-order valence-electron chi connectivity index (χ4n) is 0.737. The minimum absolute atomic E-state index is 0.00634. The lowest BCUT2D eigenvalue weighted by Gasteiger charge is -2.03. The monoisotopic (exact) mass is 260 g/mol. The van der Waals surface area contributed by atoms with Crippen molar-refractivity contribution < 1.29 is 9.53 Å². The summed E-state index contributed by atoms with van der Waals surface area (Å²) in [6, 6.07) is 1.56. The average molecular weight is 261 g/mol. The average Bonchev–Trinajstić information content (AvgIpc) is 2.12. The molecule has 0 fully saturated rings. The number of rotatable bonds is 3. The maximum Gasteiger partial charge on any atom is 0.325 e. The number of aromatic nitrogens is 2. The Morgan fingerprint density at radius 3 is 3.00 bits per heavy atom. The highest BCUT2D eigenvalue weighted by atomic mass is 79.9. The molecule has 76 valence electrons. The van der Waals surface area contributed by atoms with Gasteiger partial charge in [0.2, 0.25) is 5.95 Å². The highest BCUT2D eigenvalue weighted by Gasteiger charge is 2.03. The van der Waals surface area contributed by atoms with Crippen molar-refractivity contribution in [2.45, 2.75) is 0 Å². The van der Waals surface area contributed by atoms with E-state index in [-0.39, 0.29) is 12.5 Å². The zero-order chi connectivity index (χ0) is 10.6. The van der Waals surface area contributed by atoms with Crippen molar-refractivity contribution in [2.24, 2.45) is 0 Å². The molecule has 7 heteroatoms. The van der Waals surface area contributed by atoms with Crippen LogP contribution in [0.5, 0.6) is 0 Å². The van der Waals surface area contributed by atoms with Gasteiger partial charge in [-0.2, -0.15) is 4.98 Å². The Bertz CT molecular complexity index is 324. The van der Waals surface area contributed by atoms with Gasteiger partial charge in [0.25, 0.3) is 0 Å². The molecular formula is C7H9BrN4O2. The number of nitrogens with zero attached hydrogens (tertiary/aromatic N) is 2. The SMILES string of the molecule is COC(=O)CNc1nc(N)cc(Br)n1. The van der Waals surface area contributed by atoms with E-state index < -0.39 is 5.97 Å². The first-order valence-corrected chi connectivity index (χ1v) is 4.52. The van der Waals surface area contributed by atoms with Crippen LogP contribution in [0.2, 0.25) is 0 Å². The maximum atomic E-state index is 10.8. The van der Waals surface area contributed by atoms with Crippen molar-refractivity contribution in [3.05, 3.63) is 10.7 Å². The quantitative estimate of drug-likeness (QED) is 0.604. The second-order valence-electron chi connectivity index (χ2n) is 2.37. The lowest BCUT2D eigenvalue weighted by molar-refractivity contribution is -0.138. The van der Waals surface area contributed by atoms with Crippen LogP contribution in [0.4, 0.5) is 11.8 Å². The summed E-state index contributed by atoms with van der Waals surface area (Å²) in [4.78, 5) is 18.6. The molecule has 0 unspecified atom stereocenters. The van der Waals surface area contributed by atoms with E-state index in [2.05, 4.69) is 36.0 Å². The topological polar surface area (TPSA) is 90.1 Å². The van der Waals surface area contributed by atoms with Gasteiger partial charge in [-0.15, -0.1) is 0 Å². The number of nitrogens with one attached hydrogen (secondary N) is 1. The Morgan fingerprint density at radius 1 is 1.71 bits per heavy atom. The fraction of sp³-hybridized carbons (Fsp3) is 0.286. The lowest BCUT2D eigenvalue weighted by Crippen LogP contribution is -2.16. The molecule has 1 aromatic rings. The summed E-state index contributed by atoms with van der Waals surface area (Å²) in [6.45, 7) is 0.00634. The van der Waals surface area contributed by atoms with E-state index in [9.17, 15) is 4.79 Å². The molecule has 6 nitrogen and oxygen atoms in total. The standard InChI is InChI=1S/C7H9BrN4O2/c1-14-6(13)3-10-7-11-4(8)2-5(9)12-7/h2H,3H2,1H3,(H3,9,10,11,12). The van der Waals surface area contributed by atoms with Gasteiger partial charge in [-0.3, -0.25) is 4.79 Å². The molecule has 0 radical (unpaired) electrons. The van der Waals surface area contributed by atoms with Crippen LogP contribution in [-0.2, 0) is 9.53 Å². The van der Waals surface area contributed by atoms with Crippen molar-refractivity contribution in [1.29, 1.82) is 0 Å². The molecule has 0 aromatic carbocycles. The van der Waals surface area contributed by atoms with Crippen LogP contribution in [0, 0.1) is 0 Å². The van der Waals surface area contributed by atoms with E-state index in [1.807, 2.05) is 0 Å². The maximum absolute atomic E-state index is 10.8. The summed E-state index contributed by atoms with van der Waals surface area (Å²) >= 11 is 3.15. The highest BCUT2D eigenvalue weighted by molar-refractivity contribution is 9.10. The Labute approximate surface area is 89.0 Å². The Kier molecular flexibility index (Phi) is 3.63. The molecule has 0 aliphatic rings. The number of hydrogen-bond donors (Lipinski definition) is 2. The van der Waals surface area contributed by atoms with E-state index in [0.29, 0.717) is 10.4 Å².